The van der Waals surface area contributed by atoms with E-state index in [9.17, 15) is 8.42 Å². The molecule has 0 aromatic carbocycles. The van der Waals surface area contributed by atoms with Crippen molar-refractivity contribution in [2.75, 3.05) is 39.8 Å². The third-order valence-corrected chi connectivity index (χ3v) is 5.25. The molecule has 3 atom stereocenters. The largest absolute Gasteiger partial charge is 0.376 e. The molecule has 2 aliphatic rings. The summed E-state index contributed by atoms with van der Waals surface area (Å²) in [6, 6.07) is 0.0122. The van der Waals surface area contributed by atoms with Crippen LogP contribution in [0, 0.1) is 5.92 Å². The molecule has 18 heavy (non-hydrogen) atoms. The van der Waals surface area contributed by atoms with E-state index in [-0.39, 0.29) is 12.1 Å². The van der Waals surface area contributed by atoms with Crippen molar-refractivity contribution in [2.24, 2.45) is 5.92 Å². The normalized spacial score (nSPS) is 36.1. The lowest BCUT2D eigenvalue weighted by Crippen LogP contribution is -2.52. The SMILES string of the molecule is C[C@@H]1CN(S(=O)(=O)N[C@@H]2CN(C)C[C@@H]2C)CCO1. The highest BCUT2D eigenvalue weighted by Gasteiger charge is 2.34. The number of likely N-dealkylation sites (N-methyl/N-ethyl adjacent to an activating group) is 1. The Morgan fingerprint density at radius 3 is 2.50 bits per heavy atom. The van der Waals surface area contributed by atoms with E-state index in [1.807, 2.05) is 14.0 Å². The number of morpholine rings is 1. The Kier molecular flexibility index (Phi) is 4.28. The molecule has 106 valence electrons. The minimum Gasteiger partial charge on any atom is -0.376 e. The van der Waals surface area contributed by atoms with Crippen LogP contribution in [-0.4, -0.2) is 69.6 Å². The fourth-order valence-electron chi connectivity index (χ4n) is 2.63. The van der Waals surface area contributed by atoms with E-state index < -0.39 is 10.2 Å². The topological polar surface area (TPSA) is 61.9 Å². The van der Waals surface area contributed by atoms with Crippen LogP contribution in [0.4, 0.5) is 0 Å². The molecule has 0 radical (unpaired) electrons. The van der Waals surface area contributed by atoms with Gasteiger partial charge in [0, 0.05) is 32.2 Å². The van der Waals surface area contributed by atoms with Gasteiger partial charge in [-0.25, -0.2) is 0 Å². The Bertz CT molecular complexity index is 387. The van der Waals surface area contributed by atoms with Gasteiger partial charge >= 0.3 is 0 Å². The zero-order valence-electron chi connectivity index (χ0n) is 11.3. The minimum atomic E-state index is -3.38. The van der Waals surface area contributed by atoms with Gasteiger partial charge in [-0.05, 0) is 19.9 Å². The van der Waals surface area contributed by atoms with Crippen LogP contribution in [0.5, 0.6) is 0 Å². The van der Waals surface area contributed by atoms with Gasteiger partial charge < -0.3 is 9.64 Å². The average molecular weight is 277 g/mol. The number of hydrogen-bond acceptors (Lipinski definition) is 4. The van der Waals surface area contributed by atoms with Gasteiger partial charge in [0.2, 0.25) is 0 Å². The molecule has 0 bridgehead atoms. The summed E-state index contributed by atoms with van der Waals surface area (Å²) < 4.78 is 34.2. The fraction of sp³-hybridized carbons (Fsp3) is 1.00. The minimum absolute atomic E-state index is 0.0122. The molecule has 1 N–H and O–H groups in total. The molecule has 0 aliphatic carbocycles. The van der Waals surface area contributed by atoms with E-state index >= 15 is 0 Å². The molecular weight excluding hydrogens is 254 g/mol. The van der Waals surface area contributed by atoms with Gasteiger partial charge in [-0.1, -0.05) is 6.92 Å². The molecule has 0 spiro atoms. The summed E-state index contributed by atoms with van der Waals surface area (Å²) in [5, 5.41) is 0. The average Bonchev–Trinajstić information content (AvgIpc) is 2.56. The van der Waals surface area contributed by atoms with E-state index in [1.54, 1.807) is 0 Å². The van der Waals surface area contributed by atoms with Crippen molar-refractivity contribution in [3.8, 4) is 0 Å². The van der Waals surface area contributed by atoms with Crippen LogP contribution in [0.1, 0.15) is 13.8 Å². The Hall–Kier alpha value is -0.210. The maximum absolute atomic E-state index is 12.3. The summed E-state index contributed by atoms with van der Waals surface area (Å²) in [6.45, 7) is 7.05. The molecule has 7 heteroatoms. The number of ether oxygens (including phenoxy) is 1. The zero-order chi connectivity index (χ0) is 13.3. The first-order valence-corrected chi connectivity index (χ1v) is 7.90. The van der Waals surface area contributed by atoms with E-state index in [1.165, 1.54) is 4.31 Å². The molecule has 2 rings (SSSR count). The Morgan fingerprint density at radius 2 is 1.94 bits per heavy atom. The fourth-order valence-corrected chi connectivity index (χ4v) is 4.19. The van der Waals surface area contributed by atoms with Crippen molar-refractivity contribution in [3.63, 3.8) is 0 Å². The van der Waals surface area contributed by atoms with Crippen molar-refractivity contribution in [2.45, 2.75) is 26.0 Å². The van der Waals surface area contributed by atoms with Crippen LogP contribution in [0.15, 0.2) is 0 Å². The Labute approximate surface area is 109 Å². The summed E-state index contributed by atoms with van der Waals surface area (Å²) in [5.74, 6) is 0.350. The van der Waals surface area contributed by atoms with Crippen LogP contribution in [0.3, 0.4) is 0 Å². The maximum atomic E-state index is 12.3. The lowest BCUT2D eigenvalue weighted by atomic mass is 10.1. The quantitative estimate of drug-likeness (QED) is 0.755. The molecule has 2 heterocycles. The molecular formula is C11H23N3O3S. The van der Waals surface area contributed by atoms with Crippen LogP contribution >= 0.6 is 0 Å². The van der Waals surface area contributed by atoms with Crippen molar-refractivity contribution in [3.05, 3.63) is 0 Å². The first-order valence-electron chi connectivity index (χ1n) is 6.46. The summed E-state index contributed by atoms with van der Waals surface area (Å²) in [4.78, 5) is 2.15. The Balaban J connectivity index is 1.98. The number of rotatable bonds is 3. The first kappa shape index (κ1) is 14.2. The van der Waals surface area contributed by atoms with Gasteiger partial charge in [-0.15, -0.1) is 0 Å². The smallest absolute Gasteiger partial charge is 0.279 e. The van der Waals surface area contributed by atoms with Crippen molar-refractivity contribution < 1.29 is 13.2 Å². The van der Waals surface area contributed by atoms with Gasteiger partial charge in [-0.2, -0.15) is 17.4 Å². The molecule has 2 fully saturated rings. The van der Waals surface area contributed by atoms with E-state index in [0.717, 1.165) is 13.1 Å². The predicted octanol–water partition coefficient (Wildman–Crippen LogP) is -0.508. The van der Waals surface area contributed by atoms with Crippen LogP contribution in [-0.2, 0) is 14.9 Å². The highest BCUT2D eigenvalue weighted by atomic mass is 32.2. The lowest BCUT2D eigenvalue weighted by Gasteiger charge is -2.31. The molecule has 0 aromatic heterocycles. The number of nitrogens with one attached hydrogen (secondary N) is 1. The predicted molar refractivity (Wildman–Crippen MR) is 69.5 cm³/mol. The summed E-state index contributed by atoms with van der Waals surface area (Å²) in [5.41, 5.74) is 0. The maximum Gasteiger partial charge on any atom is 0.279 e. The second kappa shape index (κ2) is 5.42. The van der Waals surface area contributed by atoms with Gasteiger partial charge in [0.1, 0.15) is 0 Å². The molecule has 0 aromatic rings. The van der Waals surface area contributed by atoms with Gasteiger partial charge in [-0.3, -0.25) is 0 Å². The van der Waals surface area contributed by atoms with Crippen molar-refractivity contribution in [1.29, 1.82) is 0 Å². The summed E-state index contributed by atoms with van der Waals surface area (Å²) >= 11 is 0. The lowest BCUT2D eigenvalue weighted by molar-refractivity contribution is 0.00963. The molecule has 0 saturated carbocycles. The van der Waals surface area contributed by atoms with Crippen molar-refractivity contribution in [1.82, 2.24) is 13.9 Å². The van der Waals surface area contributed by atoms with Crippen molar-refractivity contribution >= 4 is 10.2 Å². The van der Waals surface area contributed by atoms with Crippen LogP contribution < -0.4 is 4.72 Å². The number of hydrogen-bond donors (Lipinski definition) is 1. The Morgan fingerprint density at radius 1 is 1.22 bits per heavy atom. The third kappa shape index (κ3) is 3.21. The molecule has 0 amide bonds. The molecule has 2 saturated heterocycles. The molecule has 2 aliphatic heterocycles. The van der Waals surface area contributed by atoms with Crippen LogP contribution in [0.2, 0.25) is 0 Å². The van der Waals surface area contributed by atoms with E-state index in [4.69, 9.17) is 4.74 Å². The second-order valence-electron chi connectivity index (χ2n) is 5.47. The standard InChI is InChI=1S/C11H23N3O3S/c1-9-6-13(3)8-11(9)12-18(15,16)14-4-5-17-10(2)7-14/h9-12H,4-8H2,1-3H3/t9-,10+,11+/m0/s1. The molecule has 0 unspecified atom stereocenters. The van der Waals surface area contributed by atoms with Gasteiger partial charge in [0.05, 0.1) is 12.7 Å². The zero-order valence-corrected chi connectivity index (χ0v) is 12.1. The third-order valence-electron chi connectivity index (χ3n) is 3.64. The second-order valence-corrected chi connectivity index (χ2v) is 7.17. The number of likely N-dealkylation sites (tertiary alicyclic amines) is 1. The highest BCUT2D eigenvalue weighted by Crippen LogP contribution is 2.17. The van der Waals surface area contributed by atoms with E-state index in [0.29, 0.717) is 25.6 Å². The number of nitrogens with zero attached hydrogens (tertiary/aromatic N) is 2. The summed E-state index contributed by atoms with van der Waals surface area (Å²) in [6.07, 6.45) is -0.0287. The monoisotopic (exact) mass is 277 g/mol. The summed E-state index contributed by atoms with van der Waals surface area (Å²) in [7, 11) is -1.36. The first-order chi connectivity index (χ1) is 8.38. The van der Waals surface area contributed by atoms with Gasteiger partial charge in [0.25, 0.3) is 10.2 Å². The van der Waals surface area contributed by atoms with E-state index in [2.05, 4.69) is 16.5 Å². The van der Waals surface area contributed by atoms with Crippen LogP contribution in [0.25, 0.3) is 0 Å². The highest BCUT2D eigenvalue weighted by molar-refractivity contribution is 7.87. The van der Waals surface area contributed by atoms with Gasteiger partial charge in [0.15, 0.2) is 0 Å². The molecule has 6 nitrogen and oxygen atoms in total.